The van der Waals surface area contributed by atoms with Crippen LogP contribution in [0.3, 0.4) is 0 Å². The van der Waals surface area contributed by atoms with Crippen LogP contribution in [0.2, 0.25) is 0 Å². The summed E-state index contributed by atoms with van der Waals surface area (Å²) in [6.07, 6.45) is 1.44. The second-order valence-corrected chi connectivity index (χ2v) is 3.96. The van der Waals surface area contributed by atoms with Crippen LogP contribution in [0, 0.1) is 13.8 Å². The number of pyridine rings is 1. The number of ether oxygens (including phenoxy) is 1. The molecule has 1 aromatic carbocycles. The van der Waals surface area contributed by atoms with E-state index < -0.39 is 0 Å². The maximum absolute atomic E-state index is 9.58. The second-order valence-electron chi connectivity index (χ2n) is 3.96. The molecule has 1 aromatic heterocycles. The minimum absolute atomic E-state index is 0.165. The summed E-state index contributed by atoms with van der Waals surface area (Å²) in [6, 6.07) is 9.91. The van der Waals surface area contributed by atoms with Crippen LogP contribution in [0.1, 0.15) is 16.8 Å². The van der Waals surface area contributed by atoms with Crippen molar-refractivity contribution < 1.29 is 9.84 Å². The van der Waals surface area contributed by atoms with Gasteiger partial charge in [-0.05, 0) is 19.4 Å². The van der Waals surface area contributed by atoms with Crippen molar-refractivity contribution in [3.05, 3.63) is 53.3 Å². The summed E-state index contributed by atoms with van der Waals surface area (Å²) in [5.41, 5.74) is 2.61. The molecule has 88 valence electrons. The van der Waals surface area contributed by atoms with Gasteiger partial charge in [0.15, 0.2) is 0 Å². The molecule has 1 heterocycles. The molecule has 0 radical (unpaired) electrons. The van der Waals surface area contributed by atoms with E-state index in [2.05, 4.69) is 4.98 Å². The molecular formula is C14H15NO2. The number of hydrogen-bond acceptors (Lipinski definition) is 3. The number of benzene rings is 1. The average molecular weight is 229 g/mol. The van der Waals surface area contributed by atoms with Gasteiger partial charge in [-0.25, -0.2) is 0 Å². The highest BCUT2D eigenvalue weighted by molar-refractivity contribution is 5.43. The Bertz CT molecular complexity index is 509. The van der Waals surface area contributed by atoms with Crippen molar-refractivity contribution in [1.29, 1.82) is 0 Å². The number of aromatic nitrogens is 1. The third-order valence-electron chi connectivity index (χ3n) is 2.66. The lowest BCUT2D eigenvalue weighted by Crippen LogP contribution is -2.00. The smallest absolute Gasteiger partial charge is 0.147 e. The molecule has 0 unspecified atom stereocenters. The van der Waals surface area contributed by atoms with Crippen molar-refractivity contribution >= 4 is 0 Å². The second kappa shape index (κ2) is 4.87. The van der Waals surface area contributed by atoms with Crippen LogP contribution < -0.4 is 4.74 Å². The van der Waals surface area contributed by atoms with Crippen molar-refractivity contribution in [3.63, 3.8) is 0 Å². The Morgan fingerprint density at radius 1 is 1.18 bits per heavy atom. The highest BCUT2D eigenvalue weighted by atomic mass is 16.5. The lowest BCUT2D eigenvalue weighted by Gasteiger charge is -2.12. The first-order chi connectivity index (χ1) is 8.18. The number of aromatic hydroxyl groups is 1. The minimum atomic E-state index is 0.165. The highest BCUT2D eigenvalue weighted by Gasteiger charge is 2.09. The SMILES string of the molecule is Cc1ncc(O)c(C)c1OCc1ccccc1. The summed E-state index contributed by atoms with van der Waals surface area (Å²) >= 11 is 0. The maximum atomic E-state index is 9.58. The fourth-order valence-electron chi connectivity index (χ4n) is 1.64. The largest absolute Gasteiger partial charge is 0.506 e. The van der Waals surface area contributed by atoms with Gasteiger partial charge in [0, 0.05) is 5.56 Å². The quantitative estimate of drug-likeness (QED) is 0.879. The van der Waals surface area contributed by atoms with Crippen LogP contribution in [-0.2, 0) is 6.61 Å². The van der Waals surface area contributed by atoms with Gasteiger partial charge in [0.25, 0.3) is 0 Å². The third-order valence-corrected chi connectivity index (χ3v) is 2.66. The van der Waals surface area contributed by atoms with E-state index in [-0.39, 0.29) is 5.75 Å². The fraction of sp³-hybridized carbons (Fsp3) is 0.214. The summed E-state index contributed by atoms with van der Waals surface area (Å²) in [6.45, 7) is 4.17. The van der Waals surface area contributed by atoms with Crippen LogP contribution in [0.15, 0.2) is 36.5 Å². The highest BCUT2D eigenvalue weighted by Crippen LogP contribution is 2.28. The van der Waals surface area contributed by atoms with Gasteiger partial charge in [-0.2, -0.15) is 0 Å². The van der Waals surface area contributed by atoms with Gasteiger partial charge in [-0.1, -0.05) is 30.3 Å². The zero-order valence-corrected chi connectivity index (χ0v) is 9.97. The van der Waals surface area contributed by atoms with Gasteiger partial charge >= 0.3 is 0 Å². The topological polar surface area (TPSA) is 42.4 Å². The van der Waals surface area contributed by atoms with E-state index in [1.54, 1.807) is 0 Å². The Morgan fingerprint density at radius 3 is 2.59 bits per heavy atom. The van der Waals surface area contributed by atoms with Gasteiger partial charge in [-0.3, -0.25) is 4.98 Å². The molecule has 1 N–H and O–H groups in total. The molecule has 3 heteroatoms. The first-order valence-electron chi connectivity index (χ1n) is 5.50. The molecule has 0 spiro atoms. The summed E-state index contributed by atoms with van der Waals surface area (Å²) in [7, 11) is 0. The molecule has 0 amide bonds. The number of aryl methyl sites for hydroxylation is 1. The standard InChI is InChI=1S/C14H15NO2/c1-10-13(16)8-15-11(2)14(10)17-9-12-6-4-3-5-7-12/h3-8,16H,9H2,1-2H3. The lowest BCUT2D eigenvalue weighted by atomic mass is 10.2. The van der Waals surface area contributed by atoms with Crippen molar-refractivity contribution in [2.24, 2.45) is 0 Å². The van der Waals surface area contributed by atoms with Crippen LogP contribution in [0.5, 0.6) is 11.5 Å². The van der Waals surface area contributed by atoms with E-state index in [0.717, 1.165) is 16.8 Å². The summed E-state index contributed by atoms with van der Waals surface area (Å²) in [5, 5.41) is 9.58. The van der Waals surface area contributed by atoms with Gasteiger partial charge < -0.3 is 9.84 Å². The van der Waals surface area contributed by atoms with Crippen LogP contribution in [-0.4, -0.2) is 10.1 Å². The van der Waals surface area contributed by atoms with Crippen LogP contribution in [0.25, 0.3) is 0 Å². The third kappa shape index (κ3) is 2.56. The van der Waals surface area contributed by atoms with E-state index >= 15 is 0 Å². The molecule has 3 nitrogen and oxygen atoms in total. The number of hydrogen-bond donors (Lipinski definition) is 1. The van der Waals surface area contributed by atoms with Crippen molar-refractivity contribution in [2.45, 2.75) is 20.5 Å². The Kier molecular flexibility index (Phi) is 3.28. The van der Waals surface area contributed by atoms with Crippen LogP contribution in [0.4, 0.5) is 0 Å². The summed E-state index contributed by atoms with van der Waals surface area (Å²) in [5.74, 6) is 0.826. The van der Waals surface area contributed by atoms with E-state index in [0.29, 0.717) is 12.4 Å². The zero-order chi connectivity index (χ0) is 12.3. The summed E-state index contributed by atoms with van der Waals surface area (Å²) in [4.78, 5) is 4.08. The summed E-state index contributed by atoms with van der Waals surface area (Å²) < 4.78 is 5.71. The predicted molar refractivity (Wildman–Crippen MR) is 66.1 cm³/mol. The molecule has 0 aliphatic heterocycles. The maximum Gasteiger partial charge on any atom is 0.147 e. The van der Waals surface area contributed by atoms with Crippen molar-refractivity contribution in [3.8, 4) is 11.5 Å². The predicted octanol–water partition coefficient (Wildman–Crippen LogP) is 2.98. The van der Waals surface area contributed by atoms with Gasteiger partial charge in [-0.15, -0.1) is 0 Å². The number of nitrogens with zero attached hydrogens (tertiary/aromatic N) is 1. The molecule has 0 saturated carbocycles. The van der Waals surface area contributed by atoms with E-state index in [9.17, 15) is 5.11 Å². The van der Waals surface area contributed by atoms with Crippen molar-refractivity contribution in [2.75, 3.05) is 0 Å². The van der Waals surface area contributed by atoms with E-state index in [1.807, 2.05) is 44.2 Å². The lowest BCUT2D eigenvalue weighted by molar-refractivity contribution is 0.297. The molecule has 0 aliphatic carbocycles. The molecule has 17 heavy (non-hydrogen) atoms. The van der Waals surface area contributed by atoms with Crippen LogP contribution >= 0.6 is 0 Å². The first-order valence-corrected chi connectivity index (χ1v) is 5.50. The minimum Gasteiger partial charge on any atom is -0.506 e. The molecule has 0 saturated heterocycles. The first kappa shape index (κ1) is 11.5. The average Bonchev–Trinajstić information content (AvgIpc) is 2.35. The Hall–Kier alpha value is -2.03. The molecule has 0 atom stereocenters. The molecular weight excluding hydrogens is 214 g/mol. The monoisotopic (exact) mass is 229 g/mol. The normalized spacial score (nSPS) is 10.2. The van der Waals surface area contributed by atoms with E-state index in [1.165, 1.54) is 6.20 Å². The van der Waals surface area contributed by atoms with Gasteiger partial charge in [0.05, 0.1) is 11.9 Å². The fourth-order valence-corrected chi connectivity index (χ4v) is 1.64. The Labute approximate surface area is 101 Å². The van der Waals surface area contributed by atoms with Gasteiger partial charge in [0.1, 0.15) is 18.1 Å². The molecule has 0 fully saturated rings. The Morgan fingerprint density at radius 2 is 1.88 bits per heavy atom. The van der Waals surface area contributed by atoms with E-state index in [4.69, 9.17) is 4.74 Å². The van der Waals surface area contributed by atoms with Crippen molar-refractivity contribution in [1.82, 2.24) is 4.98 Å². The number of rotatable bonds is 3. The Balaban J connectivity index is 2.17. The molecule has 0 bridgehead atoms. The molecule has 2 aromatic rings. The zero-order valence-electron chi connectivity index (χ0n) is 9.97. The molecule has 0 aliphatic rings. The molecule has 2 rings (SSSR count). The van der Waals surface area contributed by atoms with Gasteiger partial charge in [0.2, 0.25) is 0 Å².